The maximum atomic E-state index is 5.37. The van der Waals surface area contributed by atoms with Gasteiger partial charge in [0.2, 0.25) is 0 Å². The van der Waals surface area contributed by atoms with E-state index in [0.29, 0.717) is 0 Å². The fourth-order valence-corrected chi connectivity index (χ4v) is 10.7. The largest absolute Gasteiger partial charge is 0.254 e. The van der Waals surface area contributed by atoms with E-state index in [2.05, 4.69) is 194 Å². The zero-order valence-electron chi connectivity index (χ0n) is 35.6. The number of hydrogen-bond acceptors (Lipinski definition) is 4. The van der Waals surface area contributed by atoms with E-state index in [1.54, 1.807) is 0 Å². The molecular formula is C62H36N4. The summed E-state index contributed by atoms with van der Waals surface area (Å²) in [6.45, 7) is 0. The predicted octanol–water partition coefficient (Wildman–Crippen LogP) is 16.2. The van der Waals surface area contributed by atoms with Crippen molar-refractivity contribution in [3.8, 4) is 78.1 Å². The van der Waals surface area contributed by atoms with Gasteiger partial charge in [0.15, 0.2) is 0 Å². The van der Waals surface area contributed by atoms with E-state index in [-0.39, 0.29) is 0 Å². The van der Waals surface area contributed by atoms with Gasteiger partial charge in [0.1, 0.15) is 0 Å². The number of fused-ring (bicyclic) bond motifs is 10. The Bertz CT molecular complexity index is 3930. The summed E-state index contributed by atoms with van der Waals surface area (Å²) in [5.74, 6) is 0. The molecule has 13 aromatic rings. The quantitative estimate of drug-likeness (QED) is 0.162. The van der Waals surface area contributed by atoms with Gasteiger partial charge in [0.25, 0.3) is 0 Å². The highest BCUT2D eigenvalue weighted by Gasteiger charge is 2.31. The molecule has 4 aromatic heterocycles. The minimum atomic E-state index is 0.877. The van der Waals surface area contributed by atoms with Crippen LogP contribution in [0, 0.1) is 0 Å². The average Bonchev–Trinajstić information content (AvgIpc) is 3.72. The summed E-state index contributed by atoms with van der Waals surface area (Å²) in [5.41, 5.74) is 19.6. The van der Waals surface area contributed by atoms with Crippen LogP contribution in [-0.4, -0.2) is 19.9 Å². The van der Waals surface area contributed by atoms with E-state index in [1.165, 1.54) is 66.1 Å². The average molecular weight is 837 g/mol. The van der Waals surface area contributed by atoms with Gasteiger partial charge in [0, 0.05) is 45.1 Å². The molecule has 66 heavy (non-hydrogen) atoms. The highest BCUT2D eigenvalue weighted by Crippen LogP contribution is 2.58. The lowest BCUT2D eigenvalue weighted by Gasteiger charge is -2.20. The van der Waals surface area contributed by atoms with Crippen LogP contribution in [-0.2, 0) is 0 Å². The minimum Gasteiger partial charge on any atom is -0.254 e. The Kier molecular flexibility index (Phi) is 7.95. The SMILES string of the molecule is c1ccc(-c2c3c(c(-c4ccccc4)c4ccccc24)-c2ccc(-c4cc(-c5ccc6ccc7cccnc7c6n5)cc(-c5ccc6ccc7cccnc7c6n5)c4)c4cccc-3c24)cc1. The second-order valence-electron chi connectivity index (χ2n) is 17.3. The lowest BCUT2D eigenvalue weighted by atomic mass is 9.82. The molecule has 0 amide bonds. The molecule has 1 aliphatic rings. The Balaban J connectivity index is 1.04. The van der Waals surface area contributed by atoms with Crippen molar-refractivity contribution in [2.75, 3.05) is 0 Å². The summed E-state index contributed by atoms with van der Waals surface area (Å²) < 4.78 is 0. The van der Waals surface area contributed by atoms with Crippen LogP contribution >= 0.6 is 0 Å². The van der Waals surface area contributed by atoms with Gasteiger partial charge >= 0.3 is 0 Å². The summed E-state index contributed by atoms with van der Waals surface area (Å²) in [6.07, 6.45) is 3.70. The van der Waals surface area contributed by atoms with Crippen molar-refractivity contribution >= 4 is 65.2 Å². The maximum absolute atomic E-state index is 5.37. The zero-order valence-corrected chi connectivity index (χ0v) is 35.6. The van der Waals surface area contributed by atoms with Gasteiger partial charge < -0.3 is 0 Å². The van der Waals surface area contributed by atoms with Crippen LogP contribution in [0.1, 0.15) is 0 Å². The first-order valence-corrected chi connectivity index (χ1v) is 22.4. The molecule has 0 unspecified atom stereocenters. The molecule has 304 valence electrons. The van der Waals surface area contributed by atoms with Crippen molar-refractivity contribution in [2.45, 2.75) is 0 Å². The molecule has 0 fully saturated rings. The van der Waals surface area contributed by atoms with Crippen molar-refractivity contribution in [3.63, 3.8) is 0 Å². The van der Waals surface area contributed by atoms with Gasteiger partial charge in [-0.05, 0) is 120 Å². The van der Waals surface area contributed by atoms with Crippen molar-refractivity contribution in [1.29, 1.82) is 0 Å². The molecule has 4 heterocycles. The third-order valence-electron chi connectivity index (χ3n) is 13.6. The molecule has 0 atom stereocenters. The summed E-state index contributed by atoms with van der Waals surface area (Å²) in [4.78, 5) is 20.3. The number of hydrogen-bond donors (Lipinski definition) is 0. The van der Waals surface area contributed by atoms with Crippen molar-refractivity contribution in [1.82, 2.24) is 19.9 Å². The predicted molar refractivity (Wildman–Crippen MR) is 274 cm³/mol. The maximum Gasteiger partial charge on any atom is 0.0972 e. The topological polar surface area (TPSA) is 51.6 Å². The first-order chi connectivity index (χ1) is 32.7. The van der Waals surface area contributed by atoms with E-state index in [0.717, 1.165) is 77.3 Å². The van der Waals surface area contributed by atoms with Gasteiger partial charge in [-0.15, -0.1) is 0 Å². The summed E-state index contributed by atoms with van der Waals surface area (Å²) in [6, 6.07) is 74.5. The van der Waals surface area contributed by atoms with Crippen molar-refractivity contribution in [3.05, 3.63) is 219 Å². The lowest BCUT2D eigenvalue weighted by Crippen LogP contribution is -1.93. The van der Waals surface area contributed by atoms with Crippen molar-refractivity contribution in [2.24, 2.45) is 0 Å². The third-order valence-corrected chi connectivity index (χ3v) is 13.6. The number of rotatable bonds is 5. The highest BCUT2D eigenvalue weighted by molar-refractivity contribution is 6.29. The lowest BCUT2D eigenvalue weighted by molar-refractivity contribution is 1.36. The Labute approximate surface area is 380 Å². The van der Waals surface area contributed by atoms with Gasteiger partial charge in [-0.25, -0.2) is 9.97 Å². The van der Waals surface area contributed by atoms with E-state index in [1.807, 2.05) is 24.5 Å². The zero-order chi connectivity index (χ0) is 43.3. The molecule has 0 aliphatic heterocycles. The van der Waals surface area contributed by atoms with Gasteiger partial charge in [-0.3, -0.25) is 9.97 Å². The standard InChI is InChI=1S/C62H36N4/c1-3-12-37(13-4-1)54-48-18-7-8-19-49(48)55(38-14-5-2-6-15-38)58-51-29-28-46(47-20-9-21-50(56(47)51)57(54)58)43-34-44(52-30-26-41-24-22-39-16-10-32-63-59(39)61(41)65-52)36-45(35-43)53-31-27-42-25-23-40-17-11-33-64-60(40)62(42)66-53/h1-36H. The van der Waals surface area contributed by atoms with Crippen LogP contribution in [0.2, 0.25) is 0 Å². The van der Waals surface area contributed by atoms with Gasteiger partial charge in [0.05, 0.1) is 33.5 Å². The molecule has 0 spiro atoms. The molecule has 0 bridgehead atoms. The molecule has 1 aliphatic carbocycles. The number of pyridine rings is 4. The molecule has 4 nitrogen and oxygen atoms in total. The monoisotopic (exact) mass is 836 g/mol. The number of aromatic nitrogens is 4. The fourth-order valence-electron chi connectivity index (χ4n) is 10.7. The molecule has 0 saturated carbocycles. The number of benzene rings is 9. The van der Waals surface area contributed by atoms with Gasteiger partial charge in [-0.2, -0.15) is 0 Å². The Hall–Kier alpha value is -8.86. The van der Waals surface area contributed by atoms with Crippen molar-refractivity contribution < 1.29 is 0 Å². The van der Waals surface area contributed by atoms with E-state index in [9.17, 15) is 0 Å². The molecule has 0 saturated heterocycles. The number of nitrogens with zero attached hydrogens (tertiary/aromatic N) is 4. The molecule has 0 N–H and O–H groups in total. The second-order valence-corrected chi connectivity index (χ2v) is 17.3. The first-order valence-electron chi connectivity index (χ1n) is 22.4. The molecule has 9 aromatic carbocycles. The summed E-state index contributed by atoms with van der Waals surface area (Å²) >= 11 is 0. The summed E-state index contributed by atoms with van der Waals surface area (Å²) in [5, 5.41) is 9.22. The normalized spacial score (nSPS) is 11.9. The first kappa shape index (κ1) is 36.6. The third kappa shape index (κ3) is 5.52. The van der Waals surface area contributed by atoms with E-state index in [4.69, 9.17) is 19.9 Å². The van der Waals surface area contributed by atoms with E-state index >= 15 is 0 Å². The highest BCUT2D eigenvalue weighted by atomic mass is 14.8. The van der Waals surface area contributed by atoms with E-state index < -0.39 is 0 Å². The van der Waals surface area contributed by atoms with Crippen LogP contribution < -0.4 is 0 Å². The molecule has 14 rings (SSSR count). The molecule has 0 radical (unpaired) electrons. The van der Waals surface area contributed by atoms with Crippen LogP contribution in [0.4, 0.5) is 0 Å². The second kappa shape index (κ2) is 14.3. The van der Waals surface area contributed by atoms with Gasteiger partial charge in [-0.1, -0.05) is 164 Å². The smallest absolute Gasteiger partial charge is 0.0972 e. The minimum absolute atomic E-state index is 0.877. The fraction of sp³-hybridized carbons (Fsp3) is 0. The Morgan fingerprint density at radius 2 is 0.697 bits per heavy atom. The Morgan fingerprint density at radius 3 is 1.24 bits per heavy atom. The molecule has 4 heteroatoms. The van der Waals surface area contributed by atoms with Crippen LogP contribution in [0.3, 0.4) is 0 Å². The molecular weight excluding hydrogens is 801 g/mol. The van der Waals surface area contributed by atoms with Crippen LogP contribution in [0.25, 0.3) is 143 Å². The van der Waals surface area contributed by atoms with Crippen LogP contribution in [0.15, 0.2) is 219 Å². The Morgan fingerprint density at radius 1 is 0.258 bits per heavy atom. The van der Waals surface area contributed by atoms with Crippen LogP contribution in [0.5, 0.6) is 0 Å². The summed E-state index contributed by atoms with van der Waals surface area (Å²) in [7, 11) is 0.